The van der Waals surface area contributed by atoms with Gasteiger partial charge in [0.05, 0.1) is 18.4 Å². The van der Waals surface area contributed by atoms with Crippen LogP contribution in [0.1, 0.15) is 38.5 Å². The van der Waals surface area contributed by atoms with Gasteiger partial charge in [0.25, 0.3) is 0 Å². The molecule has 1 N–H and O–H groups in total. The average Bonchev–Trinajstić information content (AvgIpc) is 2.75. The Kier molecular flexibility index (Phi) is 4.71. The second-order valence-corrected chi connectivity index (χ2v) is 5.43. The van der Waals surface area contributed by atoms with Crippen molar-refractivity contribution in [1.82, 2.24) is 5.32 Å². The van der Waals surface area contributed by atoms with E-state index in [-0.39, 0.29) is 18.3 Å². The van der Waals surface area contributed by atoms with Crippen LogP contribution in [-0.4, -0.2) is 31.3 Å². The molecule has 1 heterocycles. The predicted molar refractivity (Wildman–Crippen MR) is 63.5 cm³/mol. The molecule has 0 radical (unpaired) electrons. The average molecular weight is 279 g/mol. The molecule has 2 fully saturated rings. The summed E-state index contributed by atoms with van der Waals surface area (Å²) >= 11 is 0. The van der Waals surface area contributed by atoms with Crippen molar-refractivity contribution in [3.63, 3.8) is 0 Å². The quantitative estimate of drug-likeness (QED) is 0.804. The highest BCUT2D eigenvalue weighted by Crippen LogP contribution is 2.37. The summed E-state index contributed by atoms with van der Waals surface area (Å²) in [6.07, 6.45) is -0.586. The SMILES string of the molecule is O=C1OCC[C@@H]1CCN[C@H]1CCCC[C@H]1C(F)(F)F. The molecule has 2 rings (SSSR count). The number of ether oxygens (including phenoxy) is 1. The number of cyclic esters (lactones) is 1. The Morgan fingerprint density at radius 3 is 2.58 bits per heavy atom. The lowest BCUT2D eigenvalue weighted by atomic mass is 9.84. The standard InChI is InChI=1S/C13H20F3NO2/c14-13(15,16)10-3-1-2-4-11(10)17-7-5-9-6-8-19-12(9)18/h9-11,17H,1-8H2/t9-,10+,11-/m0/s1. The van der Waals surface area contributed by atoms with E-state index in [1.165, 1.54) is 0 Å². The van der Waals surface area contributed by atoms with Crippen LogP contribution in [0.5, 0.6) is 0 Å². The molecule has 1 saturated carbocycles. The summed E-state index contributed by atoms with van der Waals surface area (Å²) < 4.78 is 43.4. The first-order chi connectivity index (χ1) is 8.98. The van der Waals surface area contributed by atoms with Crippen molar-refractivity contribution in [3.8, 4) is 0 Å². The van der Waals surface area contributed by atoms with E-state index < -0.39 is 18.1 Å². The molecule has 0 unspecified atom stereocenters. The molecule has 0 bridgehead atoms. The van der Waals surface area contributed by atoms with Gasteiger partial charge in [-0.2, -0.15) is 13.2 Å². The van der Waals surface area contributed by atoms with Gasteiger partial charge in [-0.1, -0.05) is 12.8 Å². The Labute approximate surface area is 110 Å². The zero-order chi connectivity index (χ0) is 13.9. The van der Waals surface area contributed by atoms with Crippen LogP contribution in [0.4, 0.5) is 13.2 Å². The molecule has 110 valence electrons. The van der Waals surface area contributed by atoms with Crippen molar-refractivity contribution in [2.45, 2.75) is 50.7 Å². The van der Waals surface area contributed by atoms with Gasteiger partial charge < -0.3 is 10.1 Å². The smallest absolute Gasteiger partial charge is 0.393 e. The maximum Gasteiger partial charge on any atom is 0.393 e. The highest BCUT2D eigenvalue weighted by molar-refractivity contribution is 5.74. The van der Waals surface area contributed by atoms with E-state index in [0.717, 1.165) is 6.42 Å². The van der Waals surface area contributed by atoms with Crippen LogP contribution in [0.3, 0.4) is 0 Å². The molecule has 3 nitrogen and oxygen atoms in total. The van der Waals surface area contributed by atoms with Crippen molar-refractivity contribution in [1.29, 1.82) is 0 Å². The lowest BCUT2D eigenvalue weighted by Crippen LogP contribution is -2.46. The third kappa shape index (κ3) is 3.84. The van der Waals surface area contributed by atoms with E-state index in [4.69, 9.17) is 4.74 Å². The minimum Gasteiger partial charge on any atom is -0.465 e. The first kappa shape index (κ1) is 14.6. The number of carbonyl (C=O) groups is 1. The van der Waals surface area contributed by atoms with E-state index in [1.54, 1.807) is 0 Å². The number of halogens is 3. The van der Waals surface area contributed by atoms with Gasteiger partial charge in [0.15, 0.2) is 0 Å². The Hall–Kier alpha value is -0.780. The molecular weight excluding hydrogens is 259 g/mol. The summed E-state index contributed by atoms with van der Waals surface area (Å²) in [5.41, 5.74) is 0. The van der Waals surface area contributed by atoms with E-state index in [9.17, 15) is 18.0 Å². The number of nitrogens with one attached hydrogen (secondary N) is 1. The summed E-state index contributed by atoms with van der Waals surface area (Å²) in [4.78, 5) is 11.3. The second-order valence-electron chi connectivity index (χ2n) is 5.43. The van der Waals surface area contributed by atoms with Crippen molar-refractivity contribution >= 4 is 5.97 Å². The van der Waals surface area contributed by atoms with E-state index in [0.29, 0.717) is 38.8 Å². The molecule has 1 saturated heterocycles. The van der Waals surface area contributed by atoms with Crippen molar-refractivity contribution in [2.24, 2.45) is 11.8 Å². The molecule has 0 aromatic heterocycles. The lowest BCUT2D eigenvalue weighted by molar-refractivity contribution is -0.189. The second kappa shape index (κ2) is 6.11. The molecule has 2 aliphatic rings. The van der Waals surface area contributed by atoms with Crippen LogP contribution in [0.15, 0.2) is 0 Å². The summed E-state index contributed by atoms with van der Waals surface area (Å²) in [6.45, 7) is 0.898. The van der Waals surface area contributed by atoms with E-state index in [1.807, 2.05) is 0 Å². The number of hydrogen-bond acceptors (Lipinski definition) is 3. The minimum absolute atomic E-state index is 0.138. The molecular formula is C13H20F3NO2. The predicted octanol–water partition coefficient (Wildman–Crippen LogP) is 2.65. The number of carbonyl (C=O) groups excluding carboxylic acids is 1. The molecule has 0 aromatic carbocycles. The maximum atomic E-state index is 12.9. The van der Waals surface area contributed by atoms with Crippen molar-refractivity contribution in [3.05, 3.63) is 0 Å². The van der Waals surface area contributed by atoms with E-state index >= 15 is 0 Å². The van der Waals surface area contributed by atoms with Crippen molar-refractivity contribution < 1.29 is 22.7 Å². The van der Waals surface area contributed by atoms with Gasteiger partial charge in [-0.25, -0.2) is 0 Å². The van der Waals surface area contributed by atoms with Gasteiger partial charge in [0.2, 0.25) is 0 Å². The fourth-order valence-corrected chi connectivity index (χ4v) is 3.01. The Bertz CT molecular complexity index is 320. The van der Waals surface area contributed by atoms with Crippen LogP contribution in [0.25, 0.3) is 0 Å². The van der Waals surface area contributed by atoms with Crippen molar-refractivity contribution in [2.75, 3.05) is 13.2 Å². The molecule has 0 amide bonds. The molecule has 1 aliphatic carbocycles. The van der Waals surface area contributed by atoms with Crippen LogP contribution >= 0.6 is 0 Å². The number of rotatable bonds is 4. The number of esters is 1. The van der Waals surface area contributed by atoms with Gasteiger partial charge in [-0.15, -0.1) is 0 Å². The molecule has 19 heavy (non-hydrogen) atoms. The Morgan fingerprint density at radius 2 is 1.95 bits per heavy atom. The highest BCUT2D eigenvalue weighted by atomic mass is 19.4. The van der Waals surface area contributed by atoms with E-state index in [2.05, 4.69) is 5.32 Å². The normalized spacial score (nSPS) is 32.4. The zero-order valence-electron chi connectivity index (χ0n) is 10.8. The fraction of sp³-hybridized carbons (Fsp3) is 0.923. The van der Waals surface area contributed by atoms with Crippen LogP contribution in [-0.2, 0) is 9.53 Å². The monoisotopic (exact) mass is 279 g/mol. The van der Waals surface area contributed by atoms with Crippen LogP contribution in [0.2, 0.25) is 0 Å². The van der Waals surface area contributed by atoms with Gasteiger partial charge >= 0.3 is 12.1 Å². The molecule has 6 heteroatoms. The summed E-state index contributed by atoms with van der Waals surface area (Å²) in [5, 5.41) is 3.00. The summed E-state index contributed by atoms with van der Waals surface area (Å²) in [6, 6.07) is -0.494. The topological polar surface area (TPSA) is 38.3 Å². The van der Waals surface area contributed by atoms with Gasteiger partial charge in [0.1, 0.15) is 0 Å². The fourth-order valence-electron chi connectivity index (χ4n) is 3.01. The number of hydrogen-bond donors (Lipinski definition) is 1. The maximum absolute atomic E-state index is 12.9. The minimum atomic E-state index is -4.12. The Morgan fingerprint density at radius 1 is 1.21 bits per heavy atom. The third-order valence-electron chi connectivity index (χ3n) is 4.13. The van der Waals surface area contributed by atoms with Crippen LogP contribution < -0.4 is 5.32 Å². The summed E-state index contributed by atoms with van der Waals surface area (Å²) in [7, 11) is 0. The third-order valence-corrected chi connectivity index (χ3v) is 4.13. The summed E-state index contributed by atoms with van der Waals surface area (Å²) in [5.74, 6) is -1.59. The molecule has 0 spiro atoms. The lowest BCUT2D eigenvalue weighted by Gasteiger charge is -2.33. The first-order valence-electron chi connectivity index (χ1n) is 6.95. The molecule has 1 aliphatic heterocycles. The van der Waals surface area contributed by atoms with Gasteiger partial charge in [-0.3, -0.25) is 4.79 Å². The molecule has 3 atom stereocenters. The highest BCUT2D eigenvalue weighted by Gasteiger charge is 2.45. The number of alkyl halides is 3. The molecule has 0 aromatic rings. The Balaban J connectivity index is 1.78. The van der Waals surface area contributed by atoms with Gasteiger partial charge in [-0.05, 0) is 32.2 Å². The zero-order valence-corrected chi connectivity index (χ0v) is 10.8. The first-order valence-corrected chi connectivity index (χ1v) is 6.95. The van der Waals surface area contributed by atoms with Gasteiger partial charge in [0, 0.05) is 6.04 Å². The van der Waals surface area contributed by atoms with Crippen LogP contribution in [0, 0.1) is 11.8 Å². The largest absolute Gasteiger partial charge is 0.465 e.